The van der Waals surface area contributed by atoms with Gasteiger partial charge in [-0.15, -0.1) is 0 Å². The Kier molecular flexibility index (Phi) is 7.21. The number of hydrogen-bond acceptors (Lipinski definition) is 8. The zero-order valence-corrected chi connectivity index (χ0v) is 29.5. The highest BCUT2D eigenvalue weighted by atomic mass is 16.3. The number of phenols is 7. The summed E-state index contributed by atoms with van der Waals surface area (Å²) >= 11 is 0. The van der Waals surface area contributed by atoms with E-state index in [1.54, 1.807) is 48.5 Å². The third-order valence-corrected chi connectivity index (χ3v) is 11.1. The molecule has 9 aromatic rings. The van der Waals surface area contributed by atoms with E-state index in [4.69, 9.17) is 4.42 Å². The summed E-state index contributed by atoms with van der Waals surface area (Å²) in [6.45, 7) is 0. The number of furan rings is 1. The van der Waals surface area contributed by atoms with Crippen LogP contribution in [0, 0.1) is 0 Å². The van der Waals surface area contributed by atoms with Crippen LogP contribution in [-0.4, -0.2) is 35.7 Å². The van der Waals surface area contributed by atoms with Crippen molar-refractivity contribution in [2.24, 2.45) is 0 Å². The van der Waals surface area contributed by atoms with Crippen molar-refractivity contribution in [1.82, 2.24) is 0 Å². The van der Waals surface area contributed by atoms with E-state index in [2.05, 4.69) is 30.3 Å². The Hall–Kier alpha value is -7.58. The quantitative estimate of drug-likeness (QED) is 0.0535. The van der Waals surface area contributed by atoms with E-state index in [1.807, 2.05) is 54.6 Å². The van der Waals surface area contributed by atoms with E-state index >= 15 is 0 Å². The maximum Gasteiger partial charge on any atom is 0.204 e. The molecule has 7 N–H and O–H groups in total. The van der Waals surface area contributed by atoms with Gasteiger partial charge in [0, 0.05) is 49.4 Å². The first kappa shape index (κ1) is 33.0. The van der Waals surface area contributed by atoms with Crippen molar-refractivity contribution in [1.29, 1.82) is 0 Å². The number of para-hydroxylation sites is 1. The van der Waals surface area contributed by atoms with Gasteiger partial charge in [-0.1, -0.05) is 115 Å². The van der Waals surface area contributed by atoms with Gasteiger partial charge >= 0.3 is 0 Å². The van der Waals surface area contributed by atoms with Crippen LogP contribution in [0.25, 0.3) is 82.1 Å². The molecule has 0 bridgehead atoms. The molecule has 0 saturated carbocycles. The highest BCUT2D eigenvalue weighted by Gasteiger charge is 2.33. The average molecular weight is 737 g/mol. The van der Waals surface area contributed by atoms with Crippen molar-refractivity contribution >= 4 is 59.8 Å². The van der Waals surface area contributed by atoms with Crippen LogP contribution in [0.3, 0.4) is 0 Å². The summed E-state index contributed by atoms with van der Waals surface area (Å²) in [5.41, 5.74) is 3.76. The maximum atomic E-state index is 12.5. The van der Waals surface area contributed by atoms with E-state index in [-0.39, 0.29) is 44.2 Å². The average Bonchev–Trinajstić information content (AvgIpc) is 3.61. The van der Waals surface area contributed by atoms with E-state index < -0.39 is 40.2 Å². The van der Waals surface area contributed by atoms with Gasteiger partial charge in [0.05, 0.1) is 5.56 Å². The number of hydrogen-bond donors (Lipinski definition) is 7. The summed E-state index contributed by atoms with van der Waals surface area (Å²) < 4.78 is 6.08. The Morgan fingerprint density at radius 3 is 1.80 bits per heavy atom. The number of benzene rings is 8. The molecule has 1 atom stereocenters. The molecule has 0 aliphatic heterocycles. The number of aromatic hydroxyl groups is 7. The summed E-state index contributed by atoms with van der Waals surface area (Å²) in [6.07, 6.45) is 6.29. The first-order chi connectivity index (χ1) is 27.2. The van der Waals surface area contributed by atoms with Crippen molar-refractivity contribution < 1.29 is 40.2 Å². The monoisotopic (exact) mass is 736 g/mol. The van der Waals surface area contributed by atoms with Gasteiger partial charge in [-0.05, 0) is 57.7 Å². The van der Waals surface area contributed by atoms with Crippen LogP contribution in [0.15, 0.2) is 138 Å². The second-order valence-electron chi connectivity index (χ2n) is 14.2. The second kappa shape index (κ2) is 12.2. The fourth-order valence-electron chi connectivity index (χ4n) is 8.46. The predicted octanol–water partition coefficient (Wildman–Crippen LogP) is 11.4. The molecule has 1 aliphatic carbocycles. The lowest BCUT2D eigenvalue weighted by atomic mass is 9.80. The SMILES string of the molecule is Oc1c(O)c(O)c2c(-c3ccc4oc5ccccc5c4c3)c3c(O)c(O)c(-c4ccccc4)c(O)c3c(C3=CCC(c4ccc5ccccc5c4)C=C3)c2c1O. The third kappa shape index (κ3) is 4.72. The van der Waals surface area contributed by atoms with E-state index in [0.29, 0.717) is 39.7 Å². The molecule has 56 heavy (non-hydrogen) atoms. The van der Waals surface area contributed by atoms with Crippen molar-refractivity contribution in [3.05, 3.63) is 145 Å². The summed E-state index contributed by atoms with van der Waals surface area (Å²) in [5, 5.41) is 85.6. The number of phenolic OH excluding ortho intramolecular Hbond substituents is 7. The van der Waals surface area contributed by atoms with Crippen LogP contribution in [0.2, 0.25) is 0 Å². The molecule has 8 nitrogen and oxygen atoms in total. The number of rotatable bonds is 4. The standard InChI is InChI=1S/C48H32O8/c49-42-37(26-9-2-1-3-10-26)43(50)44(51)40-36(30-20-21-34-32(23-30)31-12-6-7-13-33(31)56-34)41-39(45(52)47(54)48(55)46(41)53)35(38(40)42)27-17-14-25(15-18-27)29-19-16-24-8-4-5-11-28(24)22-29/h1-14,16-23,25,49-55H,15H2. The Labute approximate surface area is 318 Å². The summed E-state index contributed by atoms with van der Waals surface area (Å²) in [5.74, 6) is -5.11. The highest BCUT2D eigenvalue weighted by Crippen LogP contribution is 2.61. The lowest BCUT2D eigenvalue weighted by Gasteiger charge is -2.25. The van der Waals surface area contributed by atoms with Crippen molar-refractivity contribution in [3.8, 4) is 62.5 Å². The van der Waals surface area contributed by atoms with Gasteiger partial charge in [-0.3, -0.25) is 0 Å². The van der Waals surface area contributed by atoms with Gasteiger partial charge in [0.1, 0.15) is 16.9 Å². The topological polar surface area (TPSA) is 155 Å². The molecule has 0 amide bonds. The molecule has 0 spiro atoms. The molecule has 1 aromatic heterocycles. The summed E-state index contributed by atoms with van der Waals surface area (Å²) in [4.78, 5) is 0. The Balaban J connectivity index is 1.32. The van der Waals surface area contributed by atoms with Crippen LogP contribution >= 0.6 is 0 Å². The molecule has 1 unspecified atom stereocenters. The van der Waals surface area contributed by atoms with Crippen LogP contribution < -0.4 is 0 Å². The fourth-order valence-corrected chi connectivity index (χ4v) is 8.46. The zero-order chi connectivity index (χ0) is 38.4. The Morgan fingerprint density at radius 1 is 0.446 bits per heavy atom. The zero-order valence-electron chi connectivity index (χ0n) is 29.5. The molecule has 0 radical (unpaired) electrons. The van der Waals surface area contributed by atoms with Gasteiger partial charge in [0.25, 0.3) is 0 Å². The van der Waals surface area contributed by atoms with Gasteiger partial charge in [-0.25, -0.2) is 0 Å². The molecular formula is C48H32O8. The molecule has 1 heterocycles. The van der Waals surface area contributed by atoms with Gasteiger partial charge in [0.2, 0.25) is 11.5 Å². The maximum absolute atomic E-state index is 12.5. The fraction of sp³-hybridized carbons (Fsp3) is 0.0417. The van der Waals surface area contributed by atoms with E-state index in [1.165, 1.54) is 0 Å². The van der Waals surface area contributed by atoms with Crippen LogP contribution in [-0.2, 0) is 0 Å². The molecule has 1 aliphatic rings. The molecular weight excluding hydrogens is 705 g/mol. The Bertz CT molecular complexity index is 3190. The van der Waals surface area contributed by atoms with Gasteiger partial charge in [0.15, 0.2) is 23.0 Å². The van der Waals surface area contributed by atoms with Crippen LogP contribution in [0.1, 0.15) is 23.5 Å². The summed E-state index contributed by atoms with van der Waals surface area (Å²) in [6, 6.07) is 35.7. The first-order valence-electron chi connectivity index (χ1n) is 18.1. The molecule has 10 rings (SSSR count). The second-order valence-corrected chi connectivity index (χ2v) is 14.2. The third-order valence-electron chi connectivity index (χ3n) is 11.1. The smallest absolute Gasteiger partial charge is 0.204 e. The van der Waals surface area contributed by atoms with Crippen molar-refractivity contribution in [2.45, 2.75) is 12.3 Å². The van der Waals surface area contributed by atoms with E-state index in [0.717, 1.165) is 21.7 Å². The first-order valence-corrected chi connectivity index (χ1v) is 18.1. The molecule has 0 saturated heterocycles. The normalized spacial score (nSPS) is 14.4. The number of allylic oxidation sites excluding steroid dienone is 4. The van der Waals surface area contributed by atoms with Crippen LogP contribution in [0.5, 0.6) is 40.2 Å². The minimum Gasteiger partial charge on any atom is -0.506 e. The van der Waals surface area contributed by atoms with E-state index in [9.17, 15) is 35.7 Å². The van der Waals surface area contributed by atoms with Gasteiger partial charge < -0.3 is 40.2 Å². The minimum atomic E-state index is -0.977. The van der Waals surface area contributed by atoms with Crippen molar-refractivity contribution in [3.63, 3.8) is 0 Å². The highest BCUT2D eigenvalue weighted by molar-refractivity contribution is 6.28. The minimum absolute atomic E-state index is 0.0259. The largest absolute Gasteiger partial charge is 0.506 e. The molecule has 8 heteroatoms. The summed E-state index contributed by atoms with van der Waals surface area (Å²) in [7, 11) is 0. The van der Waals surface area contributed by atoms with Crippen molar-refractivity contribution in [2.75, 3.05) is 0 Å². The molecule has 272 valence electrons. The van der Waals surface area contributed by atoms with Crippen LogP contribution in [0.4, 0.5) is 0 Å². The lowest BCUT2D eigenvalue weighted by Crippen LogP contribution is -2.01. The molecule has 8 aromatic carbocycles. The lowest BCUT2D eigenvalue weighted by molar-refractivity contribution is 0.351. The van der Waals surface area contributed by atoms with Gasteiger partial charge in [-0.2, -0.15) is 0 Å². The predicted molar refractivity (Wildman–Crippen MR) is 220 cm³/mol. The molecule has 0 fully saturated rings. The number of fused-ring (bicyclic) bond motifs is 6. The Morgan fingerprint density at radius 2 is 1.07 bits per heavy atom.